The Labute approximate surface area is 174 Å². The minimum Gasteiger partial charge on any atom is -0.368 e. The van der Waals surface area contributed by atoms with Crippen LogP contribution >= 0.6 is 11.8 Å². The van der Waals surface area contributed by atoms with Crippen molar-refractivity contribution in [3.05, 3.63) is 65.7 Å². The molecule has 0 unspecified atom stereocenters. The van der Waals surface area contributed by atoms with E-state index in [0.29, 0.717) is 11.5 Å². The van der Waals surface area contributed by atoms with Crippen LogP contribution in [0.1, 0.15) is 12.7 Å². The molecule has 1 atom stereocenters. The lowest BCUT2D eigenvalue weighted by Gasteiger charge is -2.13. The predicted molar refractivity (Wildman–Crippen MR) is 110 cm³/mol. The standard InChI is InChI=1S/C19H17F3N6OS/c1-10(17(29)25-15-8-12(21)4-7-14(15)22)30-9-16-26-18(23)28-19(27-16)24-13-5-2-11(20)3-6-13/h2-8,10H,9H2,1H3,(H,25,29)(H3,23,24,26,27,28)/t10-/m0/s1. The van der Waals surface area contributed by atoms with Crippen LogP contribution in [0.3, 0.4) is 0 Å². The van der Waals surface area contributed by atoms with E-state index in [0.717, 1.165) is 18.2 Å². The van der Waals surface area contributed by atoms with Crippen LogP contribution in [0.5, 0.6) is 0 Å². The molecule has 1 heterocycles. The lowest BCUT2D eigenvalue weighted by atomic mass is 10.3. The average molecular weight is 434 g/mol. The van der Waals surface area contributed by atoms with Crippen LogP contribution in [0.4, 0.5) is 36.4 Å². The molecule has 11 heteroatoms. The second-order valence-corrected chi connectivity index (χ2v) is 7.46. The monoisotopic (exact) mass is 434 g/mol. The average Bonchev–Trinajstić information content (AvgIpc) is 2.70. The molecule has 1 aromatic heterocycles. The third-order valence-electron chi connectivity index (χ3n) is 3.82. The molecule has 0 aliphatic heterocycles. The minimum atomic E-state index is -0.733. The number of nitrogens with two attached hydrogens (primary N) is 1. The topological polar surface area (TPSA) is 106 Å². The van der Waals surface area contributed by atoms with Gasteiger partial charge in [-0.15, -0.1) is 11.8 Å². The highest BCUT2D eigenvalue weighted by atomic mass is 32.2. The van der Waals surface area contributed by atoms with E-state index >= 15 is 0 Å². The van der Waals surface area contributed by atoms with Crippen molar-refractivity contribution in [2.75, 3.05) is 16.4 Å². The van der Waals surface area contributed by atoms with Gasteiger partial charge in [0.05, 0.1) is 16.7 Å². The van der Waals surface area contributed by atoms with Crippen LogP contribution in [0.2, 0.25) is 0 Å². The summed E-state index contributed by atoms with van der Waals surface area (Å²) in [6.07, 6.45) is 0. The molecule has 0 saturated heterocycles. The number of hydrogen-bond donors (Lipinski definition) is 3. The fourth-order valence-corrected chi connectivity index (χ4v) is 3.06. The first-order valence-corrected chi connectivity index (χ1v) is 9.75. The predicted octanol–water partition coefficient (Wildman–Crippen LogP) is 3.88. The van der Waals surface area contributed by atoms with Crippen LogP contribution in [-0.2, 0) is 10.5 Å². The SMILES string of the molecule is C[C@H](SCc1nc(N)nc(Nc2ccc(F)cc2)n1)C(=O)Nc1cc(F)ccc1F. The Morgan fingerprint density at radius 3 is 2.50 bits per heavy atom. The van der Waals surface area contributed by atoms with Crippen molar-refractivity contribution >= 4 is 40.9 Å². The third kappa shape index (κ3) is 5.83. The van der Waals surface area contributed by atoms with E-state index in [1.807, 2.05) is 0 Å². The van der Waals surface area contributed by atoms with E-state index in [-0.39, 0.29) is 29.2 Å². The maximum Gasteiger partial charge on any atom is 0.237 e. The Balaban J connectivity index is 1.61. The molecule has 2 aromatic carbocycles. The number of amides is 1. The molecule has 156 valence electrons. The number of thioether (sulfide) groups is 1. The number of nitrogens with zero attached hydrogens (tertiary/aromatic N) is 3. The maximum atomic E-state index is 13.7. The van der Waals surface area contributed by atoms with Crippen molar-refractivity contribution < 1.29 is 18.0 Å². The van der Waals surface area contributed by atoms with Gasteiger partial charge in [-0.05, 0) is 43.3 Å². The smallest absolute Gasteiger partial charge is 0.237 e. The number of nitrogen functional groups attached to an aromatic ring is 1. The van der Waals surface area contributed by atoms with Gasteiger partial charge < -0.3 is 16.4 Å². The second-order valence-electron chi connectivity index (χ2n) is 6.13. The van der Waals surface area contributed by atoms with E-state index in [1.54, 1.807) is 6.92 Å². The number of benzene rings is 2. The Morgan fingerprint density at radius 1 is 1.07 bits per heavy atom. The fraction of sp³-hybridized carbons (Fsp3) is 0.158. The fourth-order valence-electron chi connectivity index (χ4n) is 2.32. The first-order chi connectivity index (χ1) is 14.3. The zero-order valence-corrected chi connectivity index (χ0v) is 16.5. The van der Waals surface area contributed by atoms with Gasteiger partial charge in [0, 0.05) is 11.8 Å². The third-order valence-corrected chi connectivity index (χ3v) is 4.96. The number of aromatic nitrogens is 3. The van der Waals surface area contributed by atoms with Gasteiger partial charge in [0.1, 0.15) is 23.3 Å². The van der Waals surface area contributed by atoms with Gasteiger partial charge in [0.25, 0.3) is 0 Å². The number of carbonyl (C=O) groups is 1. The largest absolute Gasteiger partial charge is 0.368 e. The van der Waals surface area contributed by atoms with Crippen molar-refractivity contribution in [3.63, 3.8) is 0 Å². The maximum absolute atomic E-state index is 13.7. The van der Waals surface area contributed by atoms with E-state index in [1.165, 1.54) is 36.0 Å². The van der Waals surface area contributed by atoms with E-state index in [2.05, 4.69) is 25.6 Å². The van der Waals surface area contributed by atoms with Crippen molar-refractivity contribution in [1.29, 1.82) is 0 Å². The zero-order chi connectivity index (χ0) is 21.7. The molecule has 0 spiro atoms. The first-order valence-electron chi connectivity index (χ1n) is 8.70. The molecule has 0 aliphatic rings. The Kier molecular flexibility index (Phi) is 6.72. The van der Waals surface area contributed by atoms with Crippen LogP contribution in [0.15, 0.2) is 42.5 Å². The van der Waals surface area contributed by atoms with Crippen molar-refractivity contribution in [2.45, 2.75) is 17.9 Å². The summed E-state index contributed by atoms with van der Waals surface area (Å²) in [5.74, 6) is -1.60. The second kappa shape index (κ2) is 9.44. The molecule has 0 fully saturated rings. The van der Waals surface area contributed by atoms with Gasteiger partial charge in [-0.2, -0.15) is 15.0 Å². The summed E-state index contributed by atoms with van der Waals surface area (Å²) in [5.41, 5.74) is 6.04. The minimum absolute atomic E-state index is 0.0239. The Hall–Kier alpha value is -3.34. The molecular formula is C19H17F3N6OS. The molecule has 0 radical (unpaired) electrons. The van der Waals surface area contributed by atoms with Crippen LogP contribution in [-0.4, -0.2) is 26.1 Å². The molecular weight excluding hydrogens is 417 g/mol. The highest BCUT2D eigenvalue weighted by Crippen LogP contribution is 2.21. The van der Waals surface area contributed by atoms with Gasteiger partial charge in [0.15, 0.2) is 0 Å². The lowest BCUT2D eigenvalue weighted by Crippen LogP contribution is -2.23. The van der Waals surface area contributed by atoms with Crippen LogP contribution in [0.25, 0.3) is 0 Å². The summed E-state index contributed by atoms with van der Waals surface area (Å²) in [4.78, 5) is 24.5. The van der Waals surface area contributed by atoms with Gasteiger partial charge in [-0.25, -0.2) is 13.2 Å². The summed E-state index contributed by atoms with van der Waals surface area (Å²) in [6.45, 7) is 1.61. The van der Waals surface area contributed by atoms with Gasteiger partial charge in [-0.3, -0.25) is 4.79 Å². The highest BCUT2D eigenvalue weighted by molar-refractivity contribution is 7.99. The van der Waals surface area contributed by atoms with E-state index in [4.69, 9.17) is 5.73 Å². The summed E-state index contributed by atoms with van der Waals surface area (Å²) < 4.78 is 39.9. The normalized spacial score (nSPS) is 11.7. The first kappa shape index (κ1) is 21.4. The number of rotatable bonds is 7. The van der Waals surface area contributed by atoms with Gasteiger partial charge in [-0.1, -0.05) is 0 Å². The van der Waals surface area contributed by atoms with Crippen LogP contribution < -0.4 is 16.4 Å². The molecule has 0 bridgehead atoms. The number of nitrogens with one attached hydrogen (secondary N) is 2. The van der Waals surface area contributed by atoms with Crippen molar-refractivity contribution in [2.24, 2.45) is 0 Å². The molecule has 1 amide bonds. The summed E-state index contributed by atoms with van der Waals surface area (Å²) in [6, 6.07) is 8.41. The zero-order valence-electron chi connectivity index (χ0n) is 15.7. The quantitative estimate of drug-likeness (QED) is 0.518. The summed E-state index contributed by atoms with van der Waals surface area (Å²) >= 11 is 1.18. The molecule has 30 heavy (non-hydrogen) atoms. The number of carbonyl (C=O) groups excluding carboxylic acids is 1. The summed E-state index contributed by atoms with van der Waals surface area (Å²) in [5, 5.41) is 4.63. The summed E-state index contributed by atoms with van der Waals surface area (Å²) in [7, 11) is 0. The molecule has 0 saturated carbocycles. The number of anilines is 4. The van der Waals surface area contributed by atoms with E-state index in [9.17, 15) is 18.0 Å². The van der Waals surface area contributed by atoms with Crippen molar-refractivity contribution in [3.8, 4) is 0 Å². The van der Waals surface area contributed by atoms with Crippen LogP contribution in [0, 0.1) is 17.5 Å². The van der Waals surface area contributed by atoms with Crippen molar-refractivity contribution in [1.82, 2.24) is 15.0 Å². The number of halogens is 3. The highest BCUT2D eigenvalue weighted by Gasteiger charge is 2.17. The molecule has 3 rings (SSSR count). The Morgan fingerprint density at radius 2 is 1.77 bits per heavy atom. The van der Waals surface area contributed by atoms with E-state index < -0.39 is 22.8 Å². The van der Waals surface area contributed by atoms with Gasteiger partial charge in [0.2, 0.25) is 17.8 Å². The molecule has 4 N–H and O–H groups in total. The Bertz CT molecular complexity index is 1050. The van der Waals surface area contributed by atoms with Gasteiger partial charge >= 0.3 is 0 Å². The molecule has 0 aliphatic carbocycles. The molecule has 3 aromatic rings. The molecule has 7 nitrogen and oxygen atoms in total. The number of hydrogen-bond acceptors (Lipinski definition) is 7. The lowest BCUT2D eigenvalue weighted by molar-refractivity contribution is -0.115.